The van der Waals surface area contributed by atoms with Gasteiger partial charge in [-0.05, 0) is 47.9 Å². The van der Waals surface area contributed by atoms with E-state index in [1.807, 2.05) is 12.1 Å². The Morgan fingerprint density at radius 1 is 0.964 bits per heavy atom. The third-order valence-electron chi connectivity index (χ3n) is 4.39. The minimum absolute atomic E-state index is 0.193. The fourth-order valence-electron chi connectivity index (χ4n) is 2.81. The average molecular weight is 384 g/mol. The average Bonchev–Trinajstić information content (AvgIpc) is 2.72. The van der Waals surface area contributed by atoms with Crippen LogP contribution in [-0.2, 0) is 4.79 Å². The number of hydrogen-bond acceptors (Lipinski definition) is 4. The molecule has 150 valence electrons. The van der Waals surface area contributed by atoms with Gasteiger partial charge < -0.3 is 19.3 Å². The van der Waals surface area contributed by atoms with Gasteiger partial charge in [-0.15, -0.1) is 0 Å². The molecule has 0 fully saturated rings. The molecule has 0 spiro atoms. The van der Waals surface area contributed by atoms with Crippen molar-refractivity contribution >= 4 is 17.6 Å². The molecule has 0 amide bonds. The van der Waals surface area contributed by atoms with E-state index in [9.17, 15) is 9.90 Å². The van der Waals surface area contributed by atoms with Gasteiger partial charge in [-0.3, -0.25) is 0 Å². The number of rotatable bonds is 11. The van der Waals surface area contributed by atoms with Crippen LogP contribution in [0.1, 0.15) is 43.7 Å². The highest BCUT2D eigenvalue weighted by Gasteiger charge is 2.12. The first-order chi connectivity index (χ1) is 13.6. The Labute approximate surface area is 166 Å². The summed E-state index contributed by atoms with van der Waals surface area (Å²) < 4.78 is 16.4. The SMILES string of the molecule is CCCCCCOc1ccc(/C=C(/C(=O)O)c2ccc(OC)cc2)cc1OC. The number of hydrogen-bond donors (Lipinski definition) is 1. The van der Waals surface area contributed by atoms with Crippen molar-refractivity contribution in [3.8, 4) is 17.2 Å². The molecule has 0 aliphatic rings. The molecule has 0 saturated heterocycles. The third kappa shape index (κ3) is 6.05. The van der Waals surface area contributed by atoms with Crippen LogP contribution >= 0.6 is 0 Å². The Bertz CT molecular complexity index is 793. The van der Waals surface area contributed by atoms with E-state index in [1.54, 1.807) is 50.6 Å². The molecular formula is C23H28O5. The molecule has 0 aromatic heterocycles. The summed E-state index contributed by atoms with van der Waals surface area (Å²) in [7, 11) is 3.15. The zero-order valence-corrected chi connectivity index (χ0v) is 16.7. The minimum atomic E-state index is -1.000. The fraction of sp³-hybridized carbons (Fsp3) is 0.348. The van der Waals surface area contributed by atoms with Crippen LogP contribution < -0.4 is 14.2 Å². The summed E-state index contributed by atoms with van der Waals surface area (Å²) in [5.74, 6) is 0.928. The van der Waals surface area contributed by atoms with Gasteiger partial charge in [0.2, 0.25) is 0 Å². The standard InChI is InChI=1S/C23H28O5/c1-4-5-6-7-14-28-21-13-8-17(16-22(21)27-3)15-20(23(24)25)18-9-11-19(26-2)12-10-18/h8-13,15-16H,4-7,14H2,1-3H3,(H,24,25)/b20-15+. The molecule has 0 radical (unpaired) electrons. The van der Waals surface area contributed by atoms with Gasteiger partial charge in [0.1, 0.15) is 5.75 Å². The molecule has 5 nitrogen and oxygen atoms in total. The van der Waals surface area contributed by atoms with E-state index < -0.39 is 5.97 Å². The molecule has 2 aromatic carbocycles. The molecule has 0 bridgehead atoms. The zero-order valence-electron chi connectivity index (χ0n) is 16.7. The normalized spacial score (nSPS) is 11.2. The lowest BCUT2D eigenvalue weighted by atomic mass is 10.0. The summed E-state index contributed by atoms with van der Waals surface area (Å²) in [5, 5.41) is 9.63. The molecule has 1 N–H and O–H groups in total. The molecule has 2 aromatic rings. The summed E-state index contributed by atoms with van der Waals surface area (Å²) in [4.78, 5) is 11.8. The number of methoxy groups -OCH3 is 2. The van der Waals surface area contributed by atoms with Crippen LogP contribution in [-0.4, -0.2) is 31.9 Å². The van der Waals surface area contributed by atoms with Gasteiger partial charge in [-0.1, -0.05) is 44.4 Å². The number of carboxylic acids is 1. The van der Waals surface area contributed by atoms with Crippen molar-refractivity contribution in [1.29, 1.82) is 0 Å². The van der Waals surface area contributed by atoms with Crippen LogP contribution in [0.25, 0.3) is 11.6 Å². The van der Waals surface area contributed by atoms with Crippen LogP contribution in [0.5, 0.6) is 17.2 Å². The van der Waals surface area contributed by atoms with Crippen molar-refractivity contribution in [3.63, 3.8) is 0 Å². The molecule has 0 aliphatic heterocycles. The molecular weight excluding hydrogens is 356 g/mol. The Balaban J connectivity index is 2.20. The molecule has 0 atom stereocenters. The van der Waals surface area contributed by atoms with Crippen molar-refractivity contribution in [2.75, 3.05) is 20.8 Å². The summed E-state index contributed by atoms with van der Waals surface area (Å²) >= 11 is 0. The predicted octanol–water partition coefficient (Wildman–Crippen LogP) is 5.29. The first kappa shape index (κ1) is 21.4. The number of aliphatic carboxylic acids is 1. The largest absolute Gasteiger partial charge is 0.497 e. The van der Waals surface area contributed by atoms with Gasteiger partial charge in [-0.25, -0.2) is 4.79 Å². The Morgan fingerprint density at radius 3 is 2.32 bits per heavy atom. The van der Waals surface area contributed by atoms with Crippen molar-refractivity contribution in [2.24, 2.45) is 0 Å². The third-order valence-corrected chi connectivity index (χ3v) is 4.39. The van der Waals surface area contributed by atoms with E-state index in [0.29, 0.717) is 29.4 Å². The second kappa shape index (κ2) is 11.0. The molecule has 28 heavy (non-hydrogen) atoms. The molecule has 2 rings (SSSR count). The lowest BCUT2D eigenvalue weighted by Gasteiger charge is -2.12. The lowest BCUT2D eigenvalue weighted by molar-refractivity contribution is -0.130. The lowest BCUT2D eigenvalue weighted by Crippen LogP contribution is -2.01. The van der Waals surface area contributed by atoms with Crippen molar-refractivity contribution in [3.05, 3.63) is 53.6 Å². The van der Waals surface area contributed by atoms with Crippen molar-refractivity contribution in [2.45, 2.75) is 32.6 Å². The monoisotopic (exact) mass is 384 g/mol. The summed E-state index contributed by atoms with van der Waals surface area (Å²) in [5.41, 5.74) is 1.52. The van der Waals surface area contributed by atoms with E-state index in [4.69, 9.17) is 14.2 Å². The number of benzene rings is 2. The summed E-state index contributed by atoms with van der Waals surface area (Å²) in [6.45, 7) is 2.81. The highest BCUT2D eigenvalue weighted by atomic mass is 16.5. The Kier molecular flexibility index (Phi) is 8.40. The van der Waals surface area contributed by atoms with Crippen LogP contribution in [0, 0.1) is 0 Å². The minimum Gasteiger partial charge on any atom is -0.497 e. The summed E-state index contributed by atoms with van der Waals surface area (Å²) in [6, 6.07) is 12.4. The van der Waals surface area contributed by atoms with Gasteiger partial charge >= 0.3 is 5.97 Å². The number of carbonyl (C=O) groups is 1. The fourth-order valence-corrected chi connectivity index (χ4v) is 2.81. The van der Waals surface area contributed by atoms with Crippen LogP contribution in [0.2, 0.25) is 0 Å². The number of unbranched alkanes of at least 4 members (excludes halogenated alkanes) is 3. The molecule has 0 unspecified atom stereocenters. The quantitative estimate of drug-likeness (QED) is 0.324. The molecule has 0 heterocycles. The van der Waals surface area contributed by atoms with Crippen LogP contribution in [0.3, 0.4) is 0 Å². The Hall–Kier alpha value is -2.95. The van der Waals surface area contributed by atoms with Gasteiger partial charge in [-0.2, -0.15) is 0 Å². The van der Waals surface area contributed by atoms with E-state index in [0.717, 1.165) is 18.4 Å². The number of ether oxygens (including phenoxy) is 3. The highest BCUT2D eigenvalue weighted by Crippen LogP contribution is 2.30. The second-order valence-corrected chi connectivity index (χ2v) is 6.41. The van der Waals surface area contributed by atoms with Crippen LogP contribution in [0.4, 0.5) is 0 Å². The zero-order chi connectivity index (χ0) is 20.4. The van der Waals surface area contributed by atoms with Crippen molar-refractivity contribution < 1.29 is 24.1 Å². The molecule has 0 aliphatic carbocycles. The van der Waals surface area contributed by atoms with E-state index in [1.165, 1.54) is 12.8 Å². The maximum Gasteiger partial charge on any atom is 0.336 e. The Morgan fingerprint density at radius 2 is 1.71 bits per heavy atom. The maximum atomic E-state index is 11.8. The van der Waals surface area contributed by atoms with E-state index in [-0.39, 0.29) is 5.57 Å². The van der Waals surface area contributed by atoms with Gasteiger partial charge in [0.25, 0.3) is 0 Å². The topological polar surface area (TPSA) is 65.0 Å². The van der Waals surface area contributed by atoms with E-state index >= 15 is 0 Å². The van der Waals surface area contributed by atoms with Gasteiger partial charge in [0, 0.05) is 0 Å². The first-order valence-corrected chi connectivity index (χ1v) is 9.49. The van der Waals surface area contributed by atoms with Gasteiger partial charge in [0.15, 0.2) is 11.5 Å². The highest BCUT2D eigenvalue weighted by molar-refractivity contribution is 6.20. The first-order valence-electron chi connectivity index (χ1n) is 9.49. The molecule has 5 heteroatoms. The van der Waals surface area contributed by atoms with Crippen LogP contribution in [0.15, 0.2) is 42.5 Å². The van der Waals surface area contributed by atoms with E-state index in [2.05, 4.69) is 6.92 Å². The smallest absolute Gasteiger partial charge is 0.336 e. The predicted molar refractivity (Wildman–Crippen MR) is 111 cm³/mol. The number of carboxylic acid groups (broad SMARTS) is 1. The molecule has 0 saturated carbocycles. The van der Waals surface area contributed by atoms with Crippen molar-refractivity contribution in [1.82, 2.24) is 0 Å². The maximum absolute atomic E-state index is 11.8. The van der Waals surface area contributed by atoms with Gasteiger partial charge in [0.05, 0.1) is 26.4 Å². The second-order valence-electron chi connectivity index (χ2n) is 6.41. The summed E-state index contributed by atoms with van der Waals surface area (Å²) in [6.07, 6.45) is 6.15.